The summed E-state index contributed by atoms with van der Waals surface area (Å²) in [5.74, 6) is 0.513. The number of carbonyl (C=O) groups is 1. The summed E-state index contributed by atoms with van der Waals surface area (Å²) in [6.45, 7) is 3.18. The number of imidazole rings is 1. The average Bonchev–Trinajstić information content (AvgIpc) is 3.37. The molecule has 31 heavy (non-hydrogen) atoms. The van der Waals surface area contributed by atoms with Crippen molar-refractivity contribution in [2.24, 2.45) is 5.92 Å². The van der Waals surface area contributed by atoms with Gasteiger partial charge in [-0.05, 0) is 49.9 Å². The van der Waals surface area contributed by atoms with E-state index in [2.05, 4.69) is 15.1 Å². The van der Waals surface area contributed by atoms with Crippen LogP contribution in [0.1, 0.15) is 34.9 Å². The van der Waals surface area contributed by atoms with Gasteiger partial charge in [0.1, 0.15) is 17.2 Å². The van der Waals surface area contributed by atoms with Crippen LogP contribution in [0.2, 0.25) is 0 Å². The molecule has 4 aromatic rings. The fourth-order valence-electron chi connectivity index (χ4n) is 4.27. The lowest BCUT2D eigenvalue weighted by Crippen LogP contribution is -2.41. The first-order valence-electron chi connectivity index (χ1n) is 10.4. The lowest BCUT2D eigenvalue weighted by atomic mass is 9.94. The van der Waals surface area contributed by atoms with Crippen LogP contribution in [-0.4, -0.2) is 43.4 Å². The number of carbonyl (C=O) groups excluding carboxylic acids is 1. The Labute approximate surface area is 178 Å². The van der Waals surface area contributed by atoms with Crippen LogP contribution < -0.4 is 0 Å². The Morgan fingerprint density at radius 1 is 1.19 bits per heavy atom. The molecule has 0 aliphatic carbocycles. The second-order valence-corrected chi connectivity index (χ2v) is 7.93. The summed E-state index contributed by atoms with van der Waals surface area (Å²) >= 11 is 0. The Morgan fingerprint density at radius 3 is 2.90 bits per heavy atom. The Hall–Kier alpha value is -3.55. The number of pyridine rings is 1. The van der Waals surface area contributed by atoms with Gasteiger partial charge in [-0.1, -0.05) is 23.4 Å². The topological polar surface area (TPSA) is 76.5 Å². The molecule has 1 aliphatic rings. The van der Waals surface area contributed by atoms with E-state index >= 15 is 0 Å². The van der Waals surface area contributed by atoms with Crippen molar-refractivity contribution in [1.82, 2.24) is 24.4 Å². The monoisotopic (exact) mass is 419 g/mol. The predicted molar refractivity (Wildman–Crippen MR) is 112 cm³/mol. The fraction of sp³-hybridized carbons (Fsp3) is 0.304. The van der Waals surface area contributed by atoms with Gasteiger partial charge in [-0.2, -0.15) is 4.98 Å². The van der Waals surface area contributed by atoms with Gasteiger partial charge in [-0.25, -0.2) is 9.37 Å². The van der Waals surface area contributed by atoms with E-state index in [-0.39, 0.29) is 23.5 Å². The van der Waals surface area contributed by atoms with Crippen molar-refractivity contribution in [3.05, 3.63) is 71.8 Å². The van der Waals surface area contributed by atoms with Crippen molar-refractivity contribution in [3.63, 3.8) is 0 Å². The van der Waals surface area contributed by atoms with Crippen molar-refractivity contribution in [3.8, 4) is 11.4 Å². The number of hydrogen-bond acceptors (Lipinski definition) is 5. The zero-order chi connectivity index (χ0) is 21.4. The van der Waals surface area contributed by atoms with E-state index in [1.807, 2.05) is 40.6 Å². The molecule has 3 aromatic heterocycles. The lowest BCUT2D eigenvalue weighted by Gasteiger charge is -2.32. The van der Waals surface area contributed by atoms with Crippen LogP contribution in [0.25, 0.3) is 17.0 Å². The van der Waals surface area contributed by atoms with Gasteiger partial charge in [0.05, 0.1) is 11.3 Å². The molecule has 1 aromatic carbocycles. The normalized spacial score (nSPS) is 16.7. The van der Waals surface area contributed by atoms with Crippen LogP contribution in [0.4, 0.5) is 4.39 Å². The van der Waals surface area contributed by atoms with E-state index in [9.17, 15) is 9.18 Å². The molecule has 0 unspecified atom stereocenters. The third-order valence-corrected chi connectivity index (χ3v) is 5.76. The molecule has 158 valence electrons. The molecule has 0 bridgehead atoms. The largest absolute Gasteiger partial charge is 0.339 e. The van der Waals surface area contributed by atoms with Crippen LogP contribution in [0.3, 0.4) is 0 Å². The molecule has 7 nitrogen and oxygen atoms in total. The number of benzene rings is 1. The SMILES string of the molecule is Cc1nc2ccccn2c1C(=O)N1CCC[C@H](Cc2nc(-c3ccccc3F)no2)C1. The number of likely N-dealkylation sites (tertiary alicyclic amines) is 1. The number of amides is 1. The third kappa shape index (κ3) is 3.69. The van der Waals surface area contributed by atoms with Crippen molar-refractivity contribution in [1.29, 1.82) is 0 Å². The summed E-state index contributed by atoms with van der Waals surface area (Å²) < 4.78 is 21.2. The number of nitrogens with zero attached hydrogens (tertiary/aromatic N) is 5. The summed E-state index contributed by atoms with van der Waals surface area (Å²) in [5.41, 5.74) is 2.42. The van der Waals surface area contributed by atoms with Crippen LogP contribution in [-0.2, 0) is 6.42 Å². The minimum absolute atomic E-state index is 0.0153. The summed E-state index contributed by atoms with van der Waals surface area (Å²) in [7, 11) is 0. The molecule has 1 amide bonds. The third-order valence-electron chi connectivity index (χ3n) is 5.76. The smallest absolute Gasteiger partial charge is 0.272 e. The van der Waals surface area contributed by atoms with Crippen molar-refractivity contribution < 1.29 is 13.7 Å². The molecule has 4 heterocycles. The van der Waals surface area contributed by atoms with Gasteiger partial charge < -0.3 is 9.42 Å². The molecular formula is C23H22FN5O2. The van der Waals surface area contributed by atoms with E-state index in [0.29, 0.717) is 36.7 Å². The first kappa shape index (κ1) is 19.4. The Bertz CT molecular complexity index is 1250. The van der Waals surface area contributed by atoms with Gasteiger partial charge in [0, 0.05) is 25.7 Å². The second kappa shape index (κ2) is 7.94. The predicted octanol–water partition coefficient (Wildman–Crippen LogP) is 3.93. The van der Waals surface area contributed by atoms with E-state index in [1.54, 1.807) is 18.2 Å². The highest BCUT2D eigenvalue weighted by Crippen LogP contribution is 2.25. The molecule has 5 rings (SSSR count). The van der Waals surface area contributed by atoms with Crippen molar-refractivity contribution in [2.75, 3.05) is 13.1 Å². The lowest BCUT2D eigenvalue weighted by molar-refractivity contribution is 0.0660. The molecule has 0 radical (unpaired) electrons. The highest BCUT2D eigenvalue weighted by Gasteiger charge is 2.29. The van der Waals surface area contributed by atoms with E-state index in [1.165, 1.54) is 6.07 Å². The number of rotatable bonds is 4. The number of aryl methyl sites for hydroxylation is 1. The van der Waals surface area contributed by atoms with Crippen molar-refractivity contribution >= 4 is 11.6 Å². The number of aromatic nitrogens is 4. The van der Waals surface area contributed by atoms with Gasteiger partial charge in [0.25, 0.3) is 5.91 Å². The molecule has 1 atom stereocenters. The van der Waals surface area contributed by atoms with Gasteiger partial charge >= 0.3 is 0 Å². The van der Waals surface area contributed by atoms with Crippen molar-refractivity contribution in [2.45, 2.75) is 26.2 Å². The number of piperidine rings is 1. The minimum Gasteiger partial charge on any atom is -0.339 e. The fourth-order valence-corrected chi connectivity index (χ4v) is 4.27. The van der Waals surface area contributed by atoms with Gasteiger partial charge in [0.15, 0.2) is 0 Å². The molecule has 0 saturated carbocycles. The second-order valence-electron chi connectivity index (χ2n) is 7.93. The molecule has 1 saturated heterocycles. The minimum atomic E-state index is -0.382. The maximum absolute atomic E-state index is 14.0. The maximum Gasteiger partial charge on any atom is 0.272 e. The molecule has 0 spiro atoms. The summed E-state index contributed by atoms with van der Waals surface area (Å²) in [6, 6.07) is 12.1. The first-order valence-corrected chi connectivity index (χ1v) is 10.4. The van der Waals surface area contributed by atoms with E-state index in [0.717, 1.165) is 24.2 Å². The summed E-state index contributed by atoms with van der Waals surface area (Å²) in [5, 5.41) is 3.94. The van der Waals surface area contributed by atoms with Gasteiger partial charge in [-0.15, -0.1) is 0 Å². The Balaban J connectivity index is 1.31. The van der Waals surface area contributed by atoms with E-state index < -0.39 is 0 Å². The standard InChI is InChI=1S/C23H22FN5O2/c1-15-21(29-12-5-4-10-19(29)25-15)23(30)28-11-6-7-16(14-28)13-20-26-22(27-31-20)17-8-2-3-9-18(17)24/h2-5,8-10,12,16H,6-7,11,13-14H2,1H3/t16-/m1/s1. The summed E-state index contributed by atoms with van der Waals surface area (Å²) in [6.07, 6.45) is 4.29. The quantitative estimate of drug-likeness (QED) is 0.501. The highest BCUT2D eigenvalue weighted by molar-refractivity contribution is 5.94. The van der Waals surface area contributed by atoms with Crippen LogP contribution in [0.15, 0.2) is 53.2 Å². The van der Waals surface area contributed by atoms with Crippen LogP contribution in [0.5, 0.6) is 0 Å². The Morgan fingerprint density at radius 2 is 2.03 bits per heavy atom. The molecule has 1 aliphatic heterocycles. The Kier molecular flexibility index (Phi) is 4.97. The number of halogens is 1. The molecular weight excluding hydrogens is 397 g/mol. The zero-order valence-electron chi connectivity index (χ0n) is 17.2. The van der Waals surface area contributed by atoms with Crippen LogP contribution >= 0.6 is 0 Å². The molecule has 0 N–H and O–H groups in total. The maximum atomic E-state index is 14.0. The average molecular weight is 419 g/mol. The number of fused-ring (bicyclic) bond motifs is 1. The highest BCUT2D eigenvalue weighted by atomic mass is 19.1. The first-order chi connectivity index (χ1) is 15.1. The number of hydrogen-bond donors (Lipinski definition) is 0. The van der Waals surface area contributed by atoms with Crippen LogP contribution in [0, 0.1) is 18.7 Å². The molecule has 8 heteroatoms. The van der Waals surface area contributed by atoms with Gasteiger partial charge in [-0.3, -0.25) is 9.20 Å². The van der Waals surface area contributed by atoms with E-state index in [4.69, 9.17) is 4.52 Å². The van der Waals surface area contributed by atoms with Gasteiger partial charge in [0.2, 0.25) is 11.7 Å². The molecule has 1 fully saturated rings. The zero-order valence-corrected chi connectivity index (χ0v) is 17.2. The summed E-state index contributed by atoms with van der Waals surface area (Å²) in [4.78, 5) is 24.1.